The number of nitrogens with one attached hydrogen (secondary N) is 3. The van der Waals surface area contributed by atoms with Crippen molar-refractivity contribution >= 4 is 53.0 Å². The molecule has 2 fully saturated rings. The summed E-state index contributed by atoms with van der Waals surface area (Å²) in [6.07, 6.45) is 2.34. The van der Waals surface area contributed by atoms with Gasteiger partial charge in [-0.1, -0.05) is 12.3 Å². The van der Waals surface area contributed by atoms with Crippen molar-refractivity contribution in [3.05, 3.63) is 11.1 Å². The molecule has 2 saturated heterocycles. The Balaban J connectivity index is 0.000000304. The first-order valence-corrected chi connectivity index (χ1v) is 9.98. The zero-order valence-electron chi connectivity index (χ0n) is 16.2. The van der Waals surface area contributed by atoms with E-state index in [-0.39, 0.29) is 66.9 Å². The molecule has 1 unspecified atom stereocenters. The quantitative estimate of drug-likeness (QED) is 0.133. The van der Waals surface area contributed by atoms with Gasteiger partial charge in [0.2, 0.25) is 12.3 Å². The number of urea groups is 1. The number of rotatable bonds is 7. The van der Waals surface area contributed by atoms with Gasteiger partial charge in [-0.3, -0.25) is 25.2 Å². The molecule has 13 nitrogen and oxygen atoms in total. The van der Waals surface area contributed by atoms with Crippen LogP contribution in [0.5, 0.6) is 0 Å². The van der Waals surface area contributed by atoms with Crippen molar-refractivity contribution in [1.82, 2.24) is 31.1 Å². The number of fused-ring (bicyclic) bond motifs is 2. The fourth-order valence-electron chi connectivity index (χ4n) is 2.67. The molecule has 0 spiro atoms. The summed E-state index contributed by atoms with van der Waals surface area (Å²) in [4.78, 5) is 49.1. The number of piperidine rings is 1. The molecule has 5 N–H and O–H groups in total. The van der Waals surface area contributed by atoms with Gasteiger partial charge in [0.05, 0.1) is 24.7 Å². The molecule has 2 aliphatic heterocycles. The smallest absolute Gasteiger partial charge is 0.774 e. The minimum Gasteiger partial charge on any atom is -0.774 e. The third kappa shape index (κ3) is 8.25. The number of aromatic nitrogens is 1. The average Bonchev–Trinajstić information content (AvgIpc) is 3.21. The van der Waals surface area contributed by atoms with Gasteiger partial charge in [0.25, 0.3) is 5.91 Å². The summed E-state index contributed by atoms with van der Waals surface area (Å²) in [7, 11) is 0. The topological polar surface area (TPSA) is 182 Å². The maximum absolute atomic E-state index is 11.4. The Kier molecular flexibility index (Phi) is 12.0. The molecule has 3 heterocycles. The predicted molar refractivity (Wildman–Crippen MR) is 102 cm³/mol. The second-order valence-electron chi connectivity index (χ2n) is 5.94. The number of amides is 5. The van der Waals surface area contributed by atoms with Gasteiger partial charge >= 0.3 is 35.6 Å². The van der Waals surface area contributed by atoms with Crippen LogP contribution in [0.4, 0.5) is 9.93 Å². The molecule has 2 bridgehead atoms. The Bertz CT molecular complexity index is 739. The molecular weight excluding hydrogens is 449 g/mol. The summed E-state index contributed by atoms with van der Waals surface area (Å²) in [5.74, 6) is -0.946. The number of anilines is 1. The summed E-state index contributed by atoms with van der Waals surface area (Å²) >= 11 is 1.21. The normalized spacial score (nSPS) is 16.7. The van der Waals surface area contributed by atoms with Gasteiger partial charge in [0.15, 0.2) is 5.13 Å². The summed E-state index contributed by atoms with van der Waals surface area (Å²) in [5, 5.41) is 5.39. The van der Waals surface area contributed by atoms with E-state index in [4.69, 9.17) is 5.73 Å². The van der Waals surface area contributed by atoms with Crippen molar-refractivity contribution in [2.24, 2.45) is 0 Å². The number of carbonyl (C=O) groups is 4. The molecule has 5 amide bonds. The molecule has 0 saturated carbocycles. The first kappa shape index (κ1) is 26.4. The van der Waals surface area contributed by atoms with Crippen LogP contribution in [0.1, 0.15) is 18.5 Å². The Morgan fingerprint density at radius 1 is 1.43 bits per heavy atom. The van der Waals surface area contributed by atoms with E-state index in [1.807, 2.05) is 0 Å². The molecule has 160 valence electrons. The molecule has 0 radical (unpaired) electrons. The standard InChI is InChI=1S/C8H11N5O3S.C6H10N2O3S.Na/c9-8-11-5(3-17-8)1-6(15)12-13-7(16)2-10-4-14;9-6-7-3-1-2-5(4-7)8(6)11-12-10;/h3-4H,1-2H2,(H2,9,11)(H,10,14)(H,12,15)(H,13,16);5,10H,1-4H2;/q;;+1/p-1. The van der Waals surface area contributed by atoms with Crippen LogP contribution in [0.25, 0.3) is 0 Å². The summed E-state index contributed by atoms with van der Waals surface area (Å²) in [6, 6.07) is -0.0754. The van der Waals surface area contributed by atoms with Crippen LogP contribution in [0, 0.1) is 0 Å². The number of carbonyl (C=O) groups excluding carboxylic acids is 4. The van der Waals surface area contributed by atoms with E-state index < -0.39 is 11.8 Å². The largest absolute Gasteiger partial charge is 1.00 e. The third-order valence-electron chi connectivity index (χ3n) is 3.90. The van der Waals surface area contributed by atoms with E-state index in [2.05, 4.69) is 25.4 Å². The molecule has 1 atom stereocenters. The summed E-state index contributed by atoms with van der Waals surface area (Å²) in [6.45, 7) is 1.30. The van der Waals surface area contributed by atoms with Crippen molar-refractivity contribution in [3.63, 3.8) is 0 Å². The number of nitrogens with two attached hydrogens (primary N) is 1. The van der Waals surface area contributed by atoms with Crippen molar-refractivity contribution < 1.29 is 57.6 Å². The molecule has 30 heavy (non-hydrogen) atoms. The first-order chi connectivity index (χ1) is 13.9. The molecule has 3 rings (SSSR count). The van der Waals surface area contributed by atoms with Gasteiger partial charge in [-0.15, -0.1) is 11.3 Å². The maximum Gasteiger partial charge on any atom is 1.00 e. The number of thiazole rings is 1. The maximum atomic E-state index is 11.4. The molecule has 0 aliphatic carbocycles. The number of hydrazine groups is 1. The zero-order valence-corrected chi connectivity index (χ0v) is 19.8. The van der Waals surface area contributed by atoms with E-state index in [1.165, 1.54) is 16.4 Å². The van der Waals surface area contributed by atoms with E-state index in [0.717, 1.165) is 19.4 Å². The van der Waals surface area contributed by atoms with Crippen LogP contribution in [0.15, 0.2) is 5.38 Å². The number of hydrogen-bond acceptors (Lipinski definition) is 10. The average molecular weight is 469 g/mol. The fraction of sp³-hybridized carbons (Fsp3) is 0.500. The minimum atomic E-state index is -0.525. The SMILES string of the molecule is Nc1nc(CC(=O)NNC(=O)CNC=O)cs1.O=C1N2CCCC(C2)N1OS[O-].[Na+]. The Labute approximate surface area is 202 Å². The molecule has 1 aromatic rings. The van der Waals surface area contributed by atoms with Crippen LogP contribution in [-0.2, 0) is 25.1 Å². The Hall–Kier alpha value is -1.62. The van der Waals surface area contributed by atoms with Crippen molar-refractivity contribution in [1.29, 1.82) is 0 Å². The number of hydroxylamine groups is 2. The van der Waals surface area contributed by atoms with E-state index >= 15 is 0 Å². The predicted octanol–water partition coefficient (Wildman–Crippen LogP) is -4.24. The van der Waals surface area contributed by atoms with Crippen LogP contribution in [0.2, 0.25) is 0 Å². The van der Waals surface area contributed by atoms with Crippen molar-refractivity contribution in [2.75, 3.05) is 25.4 Å². The number of hydrogen-bond donors (Lipinski definition) is 4. The van der Waals surface area contributed by atoms with Gasteiger partial charge in [0, 0.05) is 18.5 Å². The zero-order chi connectivity index (χ0) is 21.2. The monoisotopic (exact) mass is 469 g/mol. The number of nitrogens with zero attached hydrogens (tertiary/aromatic N) is 3. The molecule has 1 aromatic heterocycles. The molecule has 0 aromatic carbocycles. The van der Waals surface area contributed by atoms with Gasteiger partial charge < -0.3 is 20.5 Å². The van der Waals surface area contributed by atoms with E-state index in [1.54, 1.807) is 10.3 Å². The Morgan fingerprint density at radius 3 is 2.77 bits per heavy atom. The van der Waals surface area contributed by atoms with Gasteiger partial charge in [-0.2, -0.15) is 5.06 Å². The van der Waals surface area contributed by atoms with E-state index in [9.17, 15) is 23.7 Å². The second-order valence-corrected chi connectivity index (χ2v) is 7.12. The van der Waals surface area contributed by atoms with Crippen molar-refractivity contribution in [3.8, 4) is 0 Å². The fourth-order valence-corrected chi connectivity index (χ4v) is 3.49. The van der Waals surface area contributed by atoms with Gasteiger partial charge in [-0.05, 0) is 12.8 Å². The minimum absolute atomic E-state index is 0. The van der Waals surface area contributed by atoms with Crippen LogP contribution >= 0.6 is 23.7 Å². The first-order valence-electron chi connectivity index (χ1n) is 8.44. The molecule has 16 heteroatoms. The van der Waals surface area contributed by atoms with E-state index in [0.29, 0.717) is 23.8 Å². The Morgan fingerprint density at radius 2 is 2.17 bits per heavy atom. The van der Waals surface area contributed by atoms with Crippen molar-refractivity contribution in [2.45, 2.75) is 25.3 Å². The van der Waals surface area contributed by atoms with Crippen LogP contribution in [-0.4, -0.2) is 69.4 Å². The van der Waals surface area contributed by atoms with Crippen LogP contribution in [0.3, 0.4) is 0 Å². The second kappa shape index (κ2) is 13.6. The summed E-state index contributed by atoms with van der Waals surface area (Å²) < 4.78 is 14.7. The van der Waals surface area contributed by atoms with Crippen LogP contribution < -0.4 is 51.5 Å². The molecular formula is C14H20N7NaO6S2. The van der Waals surface area contributed by atoms with Gasteiger partial charge in [0.1, 0.15) is 0 Å². The third-order valence-corrected chi connectivity index (χ3v) is 4.84. The number of nitrogen functional groups attached to an aromatic ring is 1. The molecule has 2 aliphatic rings. The summed E-state index contributed by atoms with van der Waals surface area (Å²) in [5.41, 5.74) is 10.2. The van der Waals surface area contributed by atoms with Gasteiger partial charge in [-0.25, -0.2) is 14.1 Å².